The molecule has 102 valence electrons. The molecule has 2 N–H and O–H groups in total. The zero-order chi connectivity index (χ0) is 14.0. The van der Waals surface area contributed by atoms with E-state index in [2.05, 4.69) is 0 Å². The van der Waals surface area contributed by atoms with Crippen molar-refractivity contribution < 1.29 is 24.5 Å². The highest BCUT2D eigenvalue weighted by molar-refractivity contribution is 6.00. The number of aryl methyl sites for hydroxylation is 1. The lowest BCUT2D eigenvalue weighted by Gasteiger charge is -2.33. The van der Waals surface area contributed by atoms with Gasteiger partial charge >= 0.3 is 5.97 Å². The van der Waals surface area contributed by atoms with Crippen LogP contribution in [0.15, 0.2) is 24.3 Å². The fraction of sp³-hybridized carbons (Fsp3) is 0.385. The van der Waals surface area contributed by atoms with Crippen molar-refractivity contribution in [2.45, 2.75) is 19.1 Å². The van der Waals surface area contributed by atoms with Crippen LogP contribution >= 0.6 is 0 Å². The molecule has 1 aliphatic rings. The lowest BCUT2D eigenvalue weighted by molar-refractivity contribution is -0.163. The van der Waals surface area contributed by atoms with Gasteiger partial charge in [-0.25, -0.2) is 4.79 Å². The van der Waals surface area contributed by atoms with Gasteiger partial charge in [0.15, 0.2) is 12.2 Å². The number of carboxylic acids is 1. The van der Waals surface area contributed by atoms with E-state index < -0.39 is 24.1 Å². The van der Waals surface area contributed by atoms with Gasteiger partial charge in [0.2, 0.25) is 0 Å². The molecular weight excluding hydrogens is 250 g/mol. The zero-order valence-electron chi connectivity index (χ0n) is 10.4. The minimum Gasteiger partial charge on any atom is -0.479 e. The summed E-state index contributed by atoms with van der Waals surface area (Å²) in [4.78, 5) is 24.3. The summed E-state index contributed by atoms with van der Waals surface area (Å²) in [5.74, 6) is -2.01. The Morgan fingerprint density at radius 3 is 2.63 bits per heavy atom. The average molecular weight is 265 g/mol. The second kappa shape index (κ2) is 5.38. The number of rotatable bonds is 3. The third-order valence-electron chi connectivity index (χ3n) is 3.01. The molecule has 0 radical (unpaired) electrons. The number of carbonyl (C=O) groups excluding carboxylic acids is 1. The Kier molecular flexibility index (Phi) is 3.82. The fourth-order valence-corrected chi connectivity index (χ4v) is 1.94. The molecule has 2 atom stereocenters. The van der Waals surface area contributed by atoms with Gasteiger partial charge in [-0.2, -0.15) is 0 Å². The molecule has 0 aromatic heterocycles. The van der Waals surface area contributed by atoms with Crippen LogP contribution in [-0.2, 0) is 14.3 Å². The quantitative estimate of drug-likeness (QED) is 0.813. The first-order valence-electron chi connectivity index (χ1n) is 5.91. The number of hydrogen-bond donors (Lipinski definition) is 2. The molecule has 1 aromatic carbocycles. The van der Waals surface area contributed by atoms with E-state index in [0.717, 1.165) is 5.56 Å². The zero-order valence-corrected chi connectivity index (χ0v) is 10.4. The smallest absolute Gasteiger partial charge is 0.335 e. The molecule has 0 bridgehead atoms. The van der Waals surface area contributed by atoms with Crippen LogP contribution in [0.4, 0.5) is 5.69 Å². The third kappa shape index (κ3) is 2.74. The SMILES string of the molecule is Cc1ccc(N2CCO[C@H]([C@@H](O)C(=O)O)C2=O)cc1. The Morgan fingerprint density at radius 2 is 2.05 bits per heavy atom. The Labute approximate surface area is 110 Å². The monoisotopic (exact) mass is 265 g/mol. The topological polar surface area (TPSA) is 87.1 Å². The predicted molar refractivity (Wildman–Crippen MR) is 66.9 cm³/mol. The molecule has 2 rings (SSSR count). The Hall–Kier alpha value is -1.92. The van der Waals surface area contributed by atoms with Gasteiger partial charge < -0.3 is 19.8 Å². The van der Waals surface area contributed by atoms with Crippen LogP contribution in [0, 0.1) is 6.92 Å². The Balaban J connectivity index is 2.20. The van der Waals surface area contributed by atoms with Crippen molar-refractivity contribution in [3.8, 4) is 0 Å². The molecule has 1 fully saturated rings. The minimum absolute atomic E-state index is 0.189. The molecule has 0 unspecified atom stereocenters. The number of aliphatic carboxylic acids is 1. The number of aliphatic hydroxyl groups is 1. The van der Waals surface area contributed by atoms with Crippen LogP contribution in [0.3, 0.4) is 0 Å². The lowest BCUT2D eigenvalue weighted by atomic mass is 10.1. The van der Waals surface area contributed by atoms with Crippen molar-refractivity contribution in [1.29, 1.82) is 0 Å². The second-order valence-corrected chi connectivity index (χ2v) is 4.40. The molecular formula is C13H15NO5. The van der Waals surface area contributed by atoms with E-state index in [4.69, 9.17) is 9.84 Å². The van der Waals surface area contributed by atoms with Gasteiger partial charge in [0.05, 0.1) is 6.61 Å². The number of carboxylic acid groups (broad SMARTS) is 1. The molecule has 6 nitrogen and oxygen atoms in total. The summed E-state index contributed by atoms with van der Waals surface area (Å²) >= 11 is 0. The summed E-state index contributed by atoms with van der Waals surface area (Å²) in [7, 11) is 0. The largest absolute Gasteiger partial charge is 0.479 e. The third-order valence-corrected chi connectivity index (χ3v) is 3.01. The lowest BCUT2D eigenvalue weighted by Crippen LogP contribution is -2.54. The number of carbonyl (C=O) groups is 2. The summed E-state index contributed by atoms with van der Waals surface area (Å²) in [5.41, 5.74) is 1.73. The summed E-state index contributed by atoms with van der Waals surface area (Å²) in [6.45, 7) is 2.46. The highest BCUT2D eigenvalue weighted by Gasteiger charge is 2.39. The van der Waals surface area contributed by atoms with E-state index >= 15 is 0 Å². The highest BCUT2D eigenvalue weighted by Crippen LogP contribution is 2.20. The van der Waals surface area contributed by atoms with Crippen LogP contribution in [0.5, 0.6) is 0 Å². The number of benzene rings is 1. The van der Waals surface area contributed by atoms with Crippen LogP contribution in [0.25, 0.3) is 0 Å². The maximum atomic E-state index is 12.1. The first kappa shape index (κ1) is 13.5. The van der Waals surface area contributed by atoms with Crippen molar-refractivity contribution in [2.75, 3.05) is 18.1 Å². The number of nitrogens with zero attached hydrogens (tertiary/aromatic N) is 1. The first-order chi connectivity index (χ1) is 9.00. The molecule has 1 saturated heterocycles. The number of ether oxygens (including phenoxy) is 1. The molecule has 6 heteroatoms. The maximum Gasteiger partial charge on any atom is 0.335 e. The number of hydrogen-bond acceptors (Lipinski definition) is 4. The van der Waals surface area contributed by atoms with Gasteiger partial charge in [-0.1, -0.05) is 17.7 Å². The second-order valence-electron chi connectivity index (χ2n) is 4.40. The molecule has 1 heterocycles. The standard InChI is InChI=1S/C13H15NO5/c1-8-2-4-9(5-3-8)14-6-7-19-11(12(14)16)10(15)13(17)18/h2-5,10-11,15H,6-7H2,1H3,(H,17,18)/t10-,11-/m1/s1. The first-order valence-corrected chi connectivity index (χ1v) is 5.91. The van der Waals surface area contributed by atoms with E-state index in [0.29, 0.717) is 12.2 Å². The van der Waals surface area contributed by atoms with Gasteiger partial charge in [-0.05, 0) is 19.1 Å². The summed E-state index contributed by atoms with van der Waals surface area (Å²) < 4.78 is 5.07. The normalized spacial score (nSPS) is 21.3. The number of anilines is 1. The molecule has 19 heavy (non-hydrogen) atoms. The molecule has 0 aliphatic carbocycles. The molecule has 1 aliphatic heterocycles. The molecule has 0 saturated carbocycles. The van der Waals surface area contributed by atoms with Crippen molar-refractivity contribution in [2.24, 2.45) is 0 Å². The van der Waals surface area contributed by atoms with Crippen LogP contribution in [-0.4, -0.2) is 47.4 Å². The van der Waals surface area contributed by atoms with E-state index in [1.807, 2.05) is 19.1 Å². The van der Waals surface area contributed by atoms with Gasteiger partial charge in [-0.15, -0.1) is 0 Å². The number of aliphatic hydroxyl groups excluding tert-OH is 1. The van der Waals surface area contributed by atoms with Crippen molar-refractivity contribution in [3.63, 3.8) is 0 Å². The van der Waals surface area contributed by atoms with E-state index in [9.17, 15) is 14.7 Å². The highest BCUT2D eigenvalue weighted by atomic mass is 16.5. The van der Waals surface area contributed by atoms with Gasteiger partial charge in [0.1, 0.15) is 0 Å². The number of morpholine rings is 1. The molecule has 1 aromatic rings. The van der Waals surface area contributed by atoms with Crippen LogP contribution in [0.2, 0.25) is 0 Å². The van der Waals surface area contributed by atoms with Crippen molar-refractivity contribution in [3.05, 3.63) is 29.8 Å². The van der Waals surface area contributed by atoms with E-state index in [1.54, 1.807) is 12.1 Å². The average Bonchev–Trinajstić information content (AvgIpc) is 2.39. The van der Waals surface area contributed by atoms with E-state index in [-0.39, 0.29) is 6.61 Å². The van der Waals surface area contributed by atoms with Crippen LogP contribution < -0.4 is 4.90 Å². The summed E-state index contributed by atoms with van der Waals surface area (Å²) in [6, 6.07) is 7.28. The van der Waals surface area contributed by atoms with Gasteiger partial charge in [0, 0.05) is 12.2 Å². The van der Waals surface area contributed by atoms with Gasteiger partial charge in [-0.3, -0.25) is 4.79 Å². The van der Waals surface area contributed by atoms with E-state index in [1.165, 1.54) is 4.90 Å². The van der Waals surface area contributed by atoms with Crippen molar-refractivity contribution >= 4 is 17.6 Å². The fourth-order valence-electron chi connectivity index (χ4n) is 1.94. The number of amides is 1. The summed E-state index contributed by atoms with van der Waals surface area (Å²) in [6.07, 6.45) is -3.20. The Morgan fingerprint density at radius 1 is 1.42 bits per heavy atom. The molecule has 0 spiro atoms. The summed E-state index contributed by atoms with van der Waals surface area (Å²) in [5, 5.41) is 18.2. The maximum absolute atomic E-state index is 12.1. The predicted octanol–water partition coefficient (Wildman–Crippen LogP) is 0.172. The van der Waals surface area contributed by atoms with Crippen LogP contribution in [0.1, 0.15) is 5.56 Å². The Bertz CT molecular complexity index is 484. The van der Waals surface area contributed by atoms with Gasteiger partial charge in [0.25, 0.3) is 5.91 Å². The van der Waals surface area contributed by atoms with Crippen molar-refractivity contribution in [1.82, 2.24) is 0 Å². The molecule has 1 amide bonds. The minimum atomic E-state index is -1.85.